The minimum Gasteiger partial charge on any atom is -0.496 e. The van der Waals surface area contributed by atoms with Crippen LogP contribution in [0.5, 0.6) is 5.75 Å². The van der Waals surface area contributed by atoms with E-state index in [1.54, 1.807) is 7.11 Å². The van der Waals surface area contributed by atoms with Crippen molar-refractivity contribution >= 4 is 15.4 Å². The summed E-state index contributed by atoms with van der Waals surface area (Å²) in [4.78, 5) is 2.40. The van der Waals surface area contributed by atoms with Crippen molar-refractivity contribution in [2.45, 2.75) is 25.4 Å². The Labute approximate surface area is 160 Å². The van der Waals surface area contributed by atoms with E-state index in [9.17, 15) is 8.42 Å². The minimum absolute atomic E-state index is 0.0185. The lowest BCUT2D eigenvalue weighted by atomic mass is 10.0. The molecule has 1 saturated heterocycles. The maximum atomic E-state index is 11.7. The third-order valence-electron chi connectivity index (χ3n) is 5.43. The maximum absolute atomic E-state index is 11.7. The van der Waals surface area contributed by atoms with Gasteiger partial charge in [0.2, 0.25) is 0 Å². The minimum atomic E-state index is -2.89. The number of aromatic nitrogens is 2. The third-order valence-corrected chi connectivity index (χ3v) is 7.18. The van der Waals surface area contributed by atoms with E-state index in [4.69, 9.17) is 4.74 Å². The number of sulfone groups is 1. The molecule has 0 spiro atoms. The summed E-state index contributed by atoms with van der Waals surface area (Å²) in [6.45, 7) is 2.73. The van der Waals surface area contributed by atoms with E-state index in [1.165, 1.54) is 11.1 Å². The van der Waals surface area contributed by atoms with Gasteiger partial charge in [0.25, 0.3) is 0 Å². The predicted octanol–water partition coefficient (Wildman–Crippen LogP) is 2.54. The van der Waals surface area contributed by atoms with Crippen LogP contribution in [0.15, 0.2) is 42.7 Å². The van der Waals surface area contributed by atoms with E-state index in [-0.39, 0.29) is 17.5 Å². The fourth-order valence-corrected chi connectivity index (χ4v) is 5.58. The second-order valence-corrected chi connectivity index (χ2v) is 9.52. The molecule has 6 nitrogen and oxygen atoms in total. The van der Waals surface area contributed by atoms with Crippen molar-refractivity contribution in [3.05, 3.63) is 53.9 Å². The molecule has 0 N–H and O–H groups in total. The monoisotopic (exact) mass is 387 g/mol. The zero-order valence-corrected chi connectivity index (χ0v) is 16.4. The van der Waals surface area contributed by atoms with Gasteiger partial charge in [0, 0.05) is 37.0 Å². The molecule has 0 aliphatic carbocycles. The molecule has 2 aliphatic rings. The molecule has 0 bridgehead atoms. The molecule has 4 rings (SSSR count). The molecule has 1 aromatic heterocycles. The van der Waals surface area contributed by atoms with Gasteiger partial charge in [-0.25, -0.2) is 8.42 Å². The average Bonchev–Trinajstić information content (AvgIpc) is 3.29. The summed E-state index contributed by atoms with van der Waals surface area (Å²) in [6, 6.07) is 8.12. The van der Waals surface area contributed by atoms with Crippen LogP contribution in [0, 0.1) is 0 Å². The largest absolute Gasteiger partial charge is 0.496 e. The van der Waals surface area contributed by atoms with Crippen LogP contribution in [0.1, 0.15) is 30.0 Å². The van der Waals surface area contributed by atoms with E-state index in [0.29, 0.717) is 6.42 Å². The summed E-state index contributed by atoms with van der Waals surface area (Å²) in [5, 5.41) is 4.43. The second-order valence-electron chi connectivity index (χ2n) is 7.29. The van der Waals surface area contributed by atoms with Gasteiger partial charge in [0.1, 0.15) is 5.75 Å². The summed E-state index contributed by atoms with van der Waals surface area (Å²) >= 11 is 0. The molecule has 3 heterocycles. The molecule has 144 valence electrons. The Balaban J connectivity index is 1.41. The molecular weight excluding hydrogens is 362 g/mol. The van der Waals surface area contributed by atoms with Gasteiger partial charge in [-0.15, -0.1) is 0 Å². The number of ether oxygens (including phenoxy) is 1. The number of para-hydroxylation sites is 1. The summed E-state index contributed by atoms with van der Waals surface area (Å²) < 4.78 is 30.7. The Hall–Kier alpha value is -2.12. The van der Waals surface area contributed by atoms with Crippen molar-refractivity contribution in [1.29, 1.82) is 0 Å². The Bertz CT molecular complexity index is 949. The normalized spacial score (nSPS) is 22.6. The summed E-state index contributed by atoms with van der Waals surface area (Å²) in [5.41, 5.74) is 3.60. The molecule has 1 atom stereocenters. The van der Waals surface area contributed by atoms with Crippen molar-refractivity contribution in [2.24, 2.45) is 0 Å². The summed E-state index contributed by atoms with van der Waals surface area (Å²) in [6.07, 6.45) is 7.75. The number of hydrogen-bond acceptors (Lipinski definition) is 5. The molecule has 0 unspecified atom stereocenters. The highest BCUT2D eigenvalue weighted by Crippen LogP contribution is 2.28. The van der Waals surface area contributed by atoms with Crippen LogP contribution in [0.4, 0.5) is 0 Å². The van der Waals surface area contributed by atoms with E-state index >= 15 is 0 Å². The van der Waals surface area contributed by atoms with E-state index < -0.39 is 9.84 Å². The van der Waals surface area contributed by atoms with Crippen LogP contribution in [0.3, 0.4) is 0 Å². The van der Waals surface area contributed by atoms with Crippen LogP contribution in [0.2, 0.25) is 0 Å². The van der Waals surface area contributed by atoms with Crippen LogP contribution >= 0.6 is 0 Å². The molecule has 27 heavy (non-hydrogen) atoms. The van der Waals surface area contributed by atoms with Crippen molar-refractivity contribution < 1.29 is 13.2 Å². The molecule has 0 saturated carbocycles. The van der Waals surface area contributed by atoms with E-state index in [2.05, 4.69) is 22.1 Å². The Morgan fingerprint density at radius 1 is 1.30 bits per heavy atom. The van der Waals surface area contributed by atoms with Gasteiger partial charge >= 0.3 is 0 Å². The van der Waals surface area contributed by atoms with E-state index in [1.807, 2.05) is 35.3 Å². The van der Waals surface area contributed by atoms with Gasteiger partial charge < -0.3 is 4.74 Å². The van der Waals surface area contributed by atoms with Crippen LogP contribution in [-0.4, -0.2) is 54.8 Å². The molecule has 1 aromatic carbocycles. The first-order chi connectivity index (χ1) is 13.0. The number of hydrogen-bond donors (Lipinski definition) is 0. The number of benzene rings is 1. The predicted molar refractivity (Wildman–Crippen MR) is 105 cm³/mol. The summed E-state index contributed by atoms with van der Waals surface area (Å²) in [7, 11) is -1.19. The first kappa shape index (κ1) is 18.3. The van der Waals surface area contributed by atoms with Crippen molar-refractivity contribution in [3.8, 4) is 5.75 Å². The van der Waals surface area contributed by atoms with Crippen molar-refractivity contribution in [2.75, 3.05) is 31.7 Å². The highest BCUT2D eigenvalue weighted by molar-refractivity contribution is 7.91. The highest BCUT2D eigenvalue weighted by atomic mass is 32.2. The second kappa shape index (κ2) is 7.48. The zero-order chi connectivity index (χ0) is 18.9. The first-order valence-corrected chi connectivity index (χ1v) is 11.1. The number of methoxy groups -OCH3 is 1. The maximum Gasteiger partial charge on any atom is 0.152 e. The quantitative estimate of drug-likeness (QED) is 0.789. The van der Waals surface area contributed by atoms with Crippen LogP contribution in [-0.2, 0) is 16.4 Å². The lowest BCUT2D eigenvalue weighted by Crippen LogP contribution is -2.28. The van der Waals surface area contributed by atoms with Crippen molar-refractivity contribution in [3.63, 3.8) is 0 Å². The standard InChI is InChI=1S/C20H25N3O3S/c1-26-20-5-3-2-4-17(20)13-22-9-6-16(7-10-22)18-12-21-23(14-18)19-8-11-27(24,25)15-19/h2-6,12,14,19H,7-11,13,15H2,1H3/t19-/m1/s1. The fraction of sp³-hybridized carbons (Fsp3) is 0.450. The highest BCUT2D eigenvalue weighted by Gasteiger charge is 2.29. The average molecular weight is 388 g/mol. The smallest absolute Gasteiger partial charge is 0.152 e. The molecule has 1 fully saturated rings. The zero-order valence-electron chi connectivity index (χ0n) is 15.5. The molecule has 0 radical (unpaired) electrons. The Kier molecular flexibility index (Phi) is 5.06. The lowest BCUT2D eigenvalue weighted by molar-refractivity contribution is 0.287. The molecule has 2 aromatic rings. The first-order valence-electron chi connectivity index (χ1n) is 9.32. The van der Waals surface area contributed by atoms with Crippen molar-refractivity contribution in [1.82, 2.24) is 14.7 Å². The van der Waals surface area contributed by atoms with Gasteiger partial charge in [-0.3, -0.25) is 9.58 Å². The lowest BCUT2D eigenvalue weighted by Gasteiger charge is -2.26. The van der Waals surface area contributed by atoms with Gasteiger partial charge in [-0.2, -0.15) is 5.10 Å². The Morgan fingerprint density at radius 2 is 2.15 bits per heavy atom. The fourth-order valence-electron chi connectivity index (χ4n) is 3.88. The van der Waals surface area contributed by atoms with Gasteiger partial charge in [-0.05, 0) is 24.5 Å². The third kappa shape index (κ3) is 4.09. The molecule has 7 heteroatoms. The van der Waals surface area contributed by atoms with Gasteiger partial charge in [0.05, 0.1) is 30.9 Å². The topological polar surface area (TPSA) is 64.4 Å². The molecular formula is C20H25N3O3S. The van der Waals surface area contributed by atoms with Gasteiger partial charge in [0.15, 0.2) is 9.84 Å². The van der Waals surface area contributed by atoms with Gasteiger partial charge in [-0.1, -0.05) is 24.3 Å². The van der Waals surface area contributed by atoms with E-state index in [0.717, 1.165) is 37.4 Å². The number of nitrogens with zero attached hydrogens (tertiary/aromatic N) is 3. The Morgan fingerprint density at radius 3 is 2.85 bits per heavy atom. The number of rotatable bonds is 5. The summed E-state index contributed by atoms with van der Waals surface area (Å²) in [5.74, 6) is 1.41. The molecule has 0 amide bonds. The molecule has 2 aliphatic heterocycles. The van der Waals surface area contributed by atoms with Crippen LogP contribution in [0.25, 0.3) is 5.57 Å². The van der Waals surface area contributed by atoms with Crippen LogP contribution < -0.4 is 4.74 Å². The SMILES string of the molecule is COc1ccccc1CN1CC=C(c2cnn([C@@H]3CCS(=O)(=O)C3)c2)CC1.